The number of nitrogens with one attached hydrogen (secondary N) is 1. The third-order valence-electron chi connectivity index (χ3n) is 4.50. The fourth-order valence-electron chi connectivity index (χ4n) is 3.08. The van der Waals surface area contributed by atoms with Gasteiger partial charge in [0.15, 0.2) is 11.5 Å². The zero-order chi connectivity index (χ0) is 17.1. The van der Waals surface area contributed by atoms with E-state index >= 15 is 0 Å². The van der Waals surface area contributed by atoms with E-state index in [1.165, 1.54) is 26.0 Å². The van der Waals surface area contributed by atoms with Crippen LogP contribution in [0.3, 0.4) is 0 Å². The van der Waals surface area contributed by atoms with E-state index in [1.807, 2.05) is 0 Å². The van der Waals surface area contributed by atoms with Crippen LogP contribution in [0, 0.1) is 10.1 Å². The Morgan fingerprint density at radius 3 is 2.96 bits per heavy atom. The second-order valence-electron chi connectivity index (χ2n) is 6.26. The number of nitro groups is 1. The van der Waals surface area contributed by atoms with Gasteiger partial charge >= 0.3 is 0 Å². The van der Waals surface area contributed by atoms with Gasteiger partial charge in [-0.05, 0) is 18.9 Å². The summed E-state index contributed by atoms with van der Waals surface area (Å²) in [5, 5.41) is 24.1. The molecule has 1 aliphatic carbocycles. The lowest BCUT2D eigenvalue weighted by atomic mass is 10.1. The third kappa shape index (κ3) is 3.95. The highest BCUT2D eigenvalue weighted by atomic mass is 16.6. The Morgan fingerprint density at radius 1 is 1.50 bits per heavy atom. The lowest BCUT2D eigenvalue weighted by Crippen LogP contribution is -2.47. The van der Waals surface area contributed by atoms with Crippen LogP contribution >= 0.6 is 0 Å². The predicted octanol–water partition coefficient (Wildman–Crippen LogP) is 1.26. The van der Waals surface area contributed by atoms with Crippen LogP contribution in [0.2, 0.25) is 0 Å². The zero-order valence-electron chi connectivity index (χ0n) is 13.7. The minimum Gasteiger partial charge on any atom is -0.504 e. The maximum absolute atomic E-state index is 11.2. The van der Waals surface area contributed by atoms with Crippen molar-refractivity contribution in [1.29, 1.82) is 0 Å². The lowest BCUT2D eigenvalue weighted by Gasteiger charge is -2.33. The summed E-state index contributed by atoms with van der Waals surface area (Å²) in [4.78, 5) is 13.1. The molecule has 1 aromatic rings. The molecule has 1 aliphatic heterocycles. The van der Waals surface area contributed by atoms with Gasteiger partial charge < -0.3 is 19.9 Å². The van der Waals surface area contributed by atoms with Crippen LogP contribution in [0.25, 0.3) is 0 Å². The summed E-state index contributed by atoms with van der Waals surface area (Å²) in [6.45, 7) is 3.57. The highest BCUT2D eigenvalue weighted by Crippen LogP contribution is 2.33. The van der Waals surface area contributed by atoms with Crippen LogP contribution in [-0.4, -0.2) is 60.4 Å². The van der Waals surface area contributed by atoms with Crippen LogP contribution < -0.4 is 10.1 Å². The molecule has 24 heavy (non-hydrogen) atoms. The molecule has 1 unspecified atom stereocenters. The Labute approximate surface area is 140 Å². The molecule has 1 atom stereocenters. The highest BCUT2D eigenvalue weighted by Gasteiger charge is 2.32. The predicted molar refractivity (Wildman–Crippen MR) is 87.4 cm³/mol. The smallest absolute Gasteiger partial charge is 0.277 e. The van der Waals surface area contributed by atoms with Crippen molar-refractivity contribution in [1.82, 2.24) is 10.2 Å². The number of rotatable bonds is 7. The van der Waals surface area contributed by atoms with Crippen LogP contribution in [0.4, 0.5) is 5.69 Å². The summed E-state index contributed by atoms with van der Waals surface area (Å²) in [5.41, 5.74) is 0.356. The summed E-state index contributed by atoms with van der Waals surface area (Å²) < 4.78 is 10.8. The number of phenols is 1. The van der Waals surface area contributed by atoms with E-state index in [0.29, 0.717) is 18.7 Å². The molecule has 8 nitrogen and oxygen atoms in total. The van der Waals surface area contributed by atoms with Crippen LogP contribution in [0.1, 0.15) is 18.4 Å². The van der Waals surface area contributed by atoms with Crippen LogP contribution in [-0.2, 0) is 11.3 Å². The van der Waals surface area contributed by atoms with Crippen molar-refractivity contribution in [3.8, 4) is 11.5 Å². The molecule has 0 aromatic heterocycles. The summed E-state index contributed by atoms with van der Waals surface area (Å²) in [7, 11) is 1.42. The number of nitrogens with zero attached hydrogens (tertiary/aromatic N) is 2. The number of aromatic hydroxyl groups is 1. The average Bonchev–Trinajstić information content (AvgIpc) is 3.41. The Morgan fingerprint density at radius 2 is 2.29 bits per heavy atom. The second kappa shape index (κ2) is 7.33. The lowest BCUT2D eigenvalue weighted by molar-refractivity contribution is -0.385. The summed E-state index contributed by atoms with van der Waals surface area (Å²) in [6.07, 6.45) is 2.65. The van der Waals surface area contributed by atoms with Crippen molar-refractivity contribution in [2.45, 2.75) is 31.5 Å². The summed E-state index contributed by atoms with van der Waals surface area (Å²) in [5.74, 6) is -0.00476. The molecule has 1 aromatic carbocycles. The zero-order valence-corrected chi connectivity index (χ0v) is 13.7. The Hall–Kier alpha value is -1.90. The molecule has 0 spiro atoms. The van der Waals surface area contributed by atoms with Crippen molar-refractivity contribution in [3.63, 3.8) is 0 Å². The first-order chi connectivity index (χ1) is 11.6. The Bertz CT molecular complexity index is 606. The van der Waals surface area contributed by atoms with Crippen molar-refractivity contribution >= 4 is 5.69 Å². The minimum absolute atomic E-state index is 0.0948. The van der Waals surface area contributed by atoms with Gasteiger partial charge in [0.2, 0.25) is 0 Å². The quantitative estimate of drug-likeness (QED) is 0.571. The standard InChI is InChI=1S/C16H23N3O5/c1-23-16-6-11(14(19(21)22)7-15(16)20)8-17-9-13-10-18(4-5-24-13)12-2-3-12/h6-7,12-13,17,20H,2-5,8-10H2,1H3. The fourth-order valence-corrected chi connectivity index (χ4v) is 3.08. The number of methoxy groups -OCH3 is 1. The van der Waals surface area contributed by atoms with Crippen molar-refractivity contribution in [2.75, 3.05) is 33.4 Å². The van der Waals surface area contributed by atoms with Gasteiger partial charge in [0.25, 0.3) is 5.69 Å². The van der Waals surface area contributed by atoms with Gasteiger partial charge in [-0.15, -0.1) is 0 Å². The monoisotopic (exact) mass is 337 g/mol. The van der Waals surface area contributed by atoms with Gasteiger partial charge in [-0.1, -0.05) is 0 Å². The molecular formula is C16H23N3O5. The van der Waals surface area contributed by atoms with Crippen LogP contribution in [0.15, 0.2) is 12.1 Å². The molecule has 1 heterocycles. The van der Waals surface area contributed by atoms with E-state index in [9.17, 15) is 15.2 Å². The first-order valence-electron chi connectivity index (χ1n) is 8.19. The second-order valence-corrected chi connectivity index (χ2v) is 6.26. The first kappa shape index (κ1) is 16.9. The molecule has 1 saturated carbocycles. The number of nitro benzene ring substituents is 1. The molecule has 2 N–H and O–H groups in total. The minimum atomic E-state index is -0.498. The normalized spacial score (nSPS) is 21.6. The molecule has 0 radical (unpaired) electrons. The van der Waals surface area contributed by atoms with Crippen molar-refractivity contribution in [3.05, 3.63) is 27.8 Å². The molecule has 3 rings (SSSR count). The number of morpholine rings is 1. The number of hydrogen-bond donors (Lipinski definition) is 2. The van der Waals surface area contributed by atoms with E-state index in [1.54, 1.807) is 0 Å². The number of hydrogen-bond acceptors (Lipinski definition) is 7. The maximum Gasteiger partial charge on any atom is 0.277 e. The van der Waals surface area contributed by atoms with Gasteiger partial charge in [-0.25, -0.2) is 0 Å². The van der Waals surface area contributed by atoms with Crippen LogP contribution in [0.5, 0.6) is 11.5 Å². The van der Waals surface area contributed by atoms with Crippen molar-refractivity contribution in [2.24, 2.45) is 0 Å². The molecule has 2 fully saturated rings. The molecule has 8 heteroatoms. The first-order valence-corrected chi connectivity index (χ1v) is 8.19. The van der Waals surface area contributed by atoms with E-state index in [0.717, 1.165) is 31.8 Å². The third-order valence-corrected chi connectivity index (χ3v) is 4.50. The maximum atomic E-state index is 11.2. The van der Waals surface area contributed by atoms with Gasteiger partial charge in [0.1, 0.15) is 0 Å². The average molecular weight is 337 g/mol. The van der Waals surface area contributed by atoms with E-state index in [-0.39, 0.29) is 23.3 Å². The van der Waals surface area contributed by atoms with Gasteiger partial charge in [-0.2, -0.15) is 0 Å². The Balaban J connectivity index is 1.58. The topological polar surface area (TPSA) is 97.1 Å². The van der Waals surface area contributed by atoms with E-state index in [4.69, 9.17) is 9.47 Å². The van der Waals surface area contributed by atoms with Gasteiger partial charge in [-0.3, -0.25) is 15.0 Å². The highest BCUT2D eigenvalue weighted by molar-refractivity contribution is 5.53. The molecular weight excluding hydrogens is 314 g/mol. The molecule has 1 saturated heterocycles. The van der Waals surface area contributed by atoms with Gasteiger partial charge in [0, 0.05) is 37.8 Å². The largest absolute Gasteiger partial charge is 0.504 e. The van der Waals surface area contributed by atoms with E-state index < -0.39 is 4.92 Å². The SMILES string of the molecule is COc1cc(CNCC2CN(C3CC3)CCO2)c([N+](=O)[O-])cc1O. The molecule has 132 valence electrons. The number of phenolic OH excluding ortho intramolecular Hbond substituents is 1. The van der Waals surface area contributed by atoms with Gasteiger partial charge in [0.05, 0.1) is 30.8 Å². The molecule has 2 aliphatic rings. The molecule has 0 amide bonds. The fraction of sp³-hybridized carbons (Fsp3) is 0.625. The summed E-state index contributed by atoms with van der Waals surface area (Å²) in [6, 6.07) is 3.35. The number of benzene rings is 1. The van der Waals surface area contributed by atoms with E-state index in [2.05, 4.69) is 10.2 Å². The van der Waals surface area contributed by atoms with Crippen molar-refractivity contribution < 1.29 is 19.5 Å². The summed E-state index contributed by atoms with van der Waals surface area (Å²) >= 11 is 0. The number of ether oxygens (including phenoxy) is 2. The Kier molecular flexibility index (Phi) is 5.17. The molecule has 0 bridgehead atoms.